The van der Waals surface area contributed by atoms with Gasteiger partial charge in [0, 0.05) is 17.6 Å². The second-order valence-corrected chi connectivity index (χ2v) is 6.91. The molecule has 1 aliphatic rings. The van der Waals surface area contributed by atoms with Gasteiger partial charge in [-0.3, -0.25) is 10.1 Å². The summed E-state index contributed by atoms with van der Waals surface area (Å²) in [6, 6.07) is 15.0. The summed E-state index contributed by atoms with van der Waals surface area (Å²) >= 11 is 1.49. The van der Waals surface area contributed by atoms with Crippen LogP contribution in [0.1, 0.15) is 12.5 Å². The molecule has 1 N–H and O–H groups in total. The summed E-state index contributed by atoms with van der Waals surface area (Å²) in [5, 5.41) is 2.59. The highest BCUT2D eigenvalue weighted by molar-refractivity contribution is 8.01. The van der Waals surface area contributed by atoms with Gasteiger partial charge in [0.1, 0.15) is 6.61 Å². The number of carbonyl (C=O) groups excluding carboxylic acids is 2. The van der Waals surface area contributed by atoms with Crippen molar-refractivity contribution in [3.05, 3.63) is 54.1 Å². The van der Waals surface area contributed by atoms with Crippen LogP contribution < -0.4 is 10.2 Å². The van der Waals surface area contributed by atoms with E-state index in [2.05, 4.69) is 5.32 Å². The van der Waals surface area contributed by atoms with Gasteiger partial charge in [-0.1, -0.05) is 30.3 Å². The number of fused-ring (bicyclic) bond motifs is 1. The molecule has 24 heavy (non-hydrogen) atoms. The lowest BCUT2D eigenvalue weighted by Crippen LogP contribution is -2.36. The summed E-state index contributed by atoms with van der Waals surface area (Å²) in [4.78, 5) is 26.5. The van der Waals surface area contributed by atoms with E-state index >= 15 is 0 Å². The van der Waals surface area contributed by atoms with Crippen molar-refractivity contribution in [3.8, 4) is 0 Å². The molecule has 0 aromatic heterocycles. The minimum atomic E-state index is -0.503. The van der Waals surface area contributed by atoms with Crippen LogP contribution in [0.15, 0.2) is 53.4 Å². The molecule has 0 radical (unpaired) electrons. The van der Waals surface area contributed by atoms with Gasteiger partial charge in [0.05, 0.1) is 10.9 Å². The van der Waals surface area contributed by atoms with Crippen molar-refractivity contribution in [1.29, 1.82) is 0 Å². The fourth-order valence-corrected chi connectivity index (χ4v) is 3.63. The quantitative estimate of drug-likeness (QED) is 0.919. The number of rotatable bonds is 3. The van der Waals surface area contributed by atoms with Gasteiger partial charge < -0.3 is 9.64 Å². The molecule has 0 saturated carbocycles. The first-order valence-electron chi connectivity index (χ1n) is 7.60. The number of anilines is 2. The topological polar surface area (TPSA) is 58.6 Å². The number of benzene rings is 2. The molecule has 1 atom stereocenters. The monoisotopic (exact) mass is 342 g/mol. The summed E-state index contributed by atoms with van der Waals surface area (Å²) in [6.45, 7) is 2.10. The molecule has 1 unspecified atom stereocenters. The molecule has 2 aromatic carbocycles. The maximum atomic E-state index is 12.0. The van der Waals surface area contributed by atoms with Crippen molar-refractivity contribution >= 4 is 35.1 Å². The standard InChI is InChI=1S/C18H18N2O3S/c1-12-17(21)20(2)15-9-8-14(10-16(15)24-12)19-18(22)23-11-13-6-4-3-5-7-13/h3-10,12H,11H2,1-2H3,(H,19,22). The summed E-state index contributed by atoms with van der Waals surface area (Å²) in [5.41, 5.74) is 2.43. The van der Waals surface area contributed by atoms with Crippen molar-refractivity contribution in [3.63, 3.8) is 0 Å². The molecule has 0 saturated heterocycles. The lowest BCUT2D eigenvalue weighted by Gasteiger charge is -2.29. The van der Waals surface area contributed by atoms with Crippen molar-refractivity contribution in [1.82, 2.24) is 0 Å². The van der Waals surface area contributed by atoms with Crippen molar-refractivity contribution in [2.75, 3.05) is 17.3 Å². The van der Waals surface area contributed by atoms with Gasteiger partial charge in [0.15, 0.2) is 0 Å². The molecular weight excluding hydrogens is 324 g/mol. The summed E-state index contributed by atoms with van der Waals surface area (Å²) < 4.78 is 5.21. The molecule has 2 aromatic rings. The predicted octanol–water partition coefficient (Wildman–Crippen LogP) is 3.89. The van der Waals surface area contributed by atoms with E-state index in [4.69, 9.17) is 4.74 Å². The predicted molar refractivity (Wildman–Crippen MR) is 95.4 cm³/mol. The van der Waals surface area contributed by atoms with Crippen LogP contribution in [0.5, 0.6) is 0 Å². The van der Waals surface area contributed by atoms with Crippen molar-refractivity contribution < 1.29 is 14.3 Å². The molecule has 0 fully saturated rings. The maximum absolute atomic E-state index is 12.0. The average molecular weight is 342 g/mol. The van der Waals surface area contributed by atoms with Crippen LogP contribution in [0.2, 0.25) is 0 Å². The third kappa shape index (κ3) is 3.54. The molecule has 3 rings (SSSR count). The van der Waals surface area contributed by atoms with Gasteiger partial charge >= 0.3 is 6.09 Å². The van der Waals surface area contributed by atoms with Crippen LogP contribution in [-0.2, 0) is 16.1 Å². The molecule has 0 bridgehead atoms. The van der Waals surface area contributed by atoms with Crippen molar-refractivity contribution in [2.24, 2.45) is 0 Å². The summed E-state index contributed by atoms with van der Waals surface area (Å²) in [5.74, 6) is 0.0791. The Morgan fingerprint density at radius 3 is 2.75 bits per heavy atom. The molecule has 5 nitrogen and oxygen atoms in total. The van der Waals surface area contributed by atoms with Crippen LogP contribution >= 0.6 is 11.8 Å². The fraction of sp³-hybridized carbons (Fsp3) is 0.222. The van der Waals surface area contributed by atoms with Gasteiger partial charge in [-0.25, -0.2) is 4.79 Å². The maximum Gasteiger partial charge on any atom is 0.411 e. The second-order valence-electron chi connectivity index (χ2n) is 5.53. The smallest absolute Gasteiger partial charge is 0.411 e. The lowest BCUT2D eigenvalue weighted by atomic mass is 10.2. The highest BCUT2D eigenvalue weighted by Crippen LogP contribution is 2.39. The Bertz CT molecular complexity index is 764. The number of nitrogens with one attached hydrogen (secondary N) is 1. The van der Waals surface area contributed by atoms with E-state index in [9.17, 15) is 9.59 Å². The first-order valence-corrected chi connectivity index (χ1v) is 8.48. The molecule has 0 aliphatic carbocycles. The molecule has 6 heteroatoms. The van der Waals surface area contributed by atoms with Crippen LogP contribution in [0.3, 0.4) is 0 Å². The van der Waals surface area contributed by atoms with Crippen LogP contribution in [-0.4, -0.2) is 24.3 Å². The zero-order valence-electron chi connectivity index (χ0n) is 13.5. The highest BCUT2D eigenvalue weighted by atomic mass is 32.2. The van der Waals surface area contributed by atoms with Crippen molar-refractivity contribution in [2.45, 2.75) is 23.7 Å². The van der Waals surface area contributed by atoms with Gasteiger partial charge in [0.2, 0.25) is 5.91 Å². The zero-order valence-corrected chi connectivity index (χ0v) is 14.3. The number of thioether (sulfide) groups is 1. The minimum Gasteiger partial charge on any atom is -0.444 e. The molecule has 2 amide bonds. The Balaban J connectivity index is 1.65. The average Bonchev–Trinajstić information content (AvgIpc) is 2.59. The normalized spacial score (nSPS) is 16.5. The van der Waals surface area contributed by atoms with E-state index in [1.165, 1.54) is 11.8 Å². The largest absolute Gasteiger partial charge is 0.444 e. The lowest BCUT2D eigenvalue weighted by molar-refractivity contribution is -0.117. The van der Waals surface area contributed by atoms with Crippen LogP contribution in [0, 0.1) is 0 Å². The van der Waals surface area contributed by atoms with E-state index in [-0.39, 0.29) is 17.8 Å². The second kappa shape index (κ2) is 6.97. The number of hydrogen-bond acceptors (Lipinski definition) is 4. The minimum absolute atomic E-state index is 0.0791. The molecule has 1 heterocycles. The first-order chi connectivity index (χ1) is 11.5. The SMILES string of the molecule is CC1Sc2cc(NC(=O)OCc3ccccc3)ccc2N(C)C1=O. The van der Waals surface area contributed by atoms with E-state index in [0.717, 1.165) is 16.1 Å². The number of nitrogens with zero attached hydrogens (tertiary/aromatic N) is 1. The Morgan fingerprint density at radius 2 is 2.00 bits per heavy atom. The molecule has 124 valence electrons. The Hall–Kier alpha value is -2.47. The number of hydrogen-bond donors (Lipinski definition) is 1. The van der Waals surface area contributed by atoms with Gasteiger partial charge in [-0.05, 0) is 30.7 Å². The molecular formula is C18H18N2O3S. The van der Waals surface area contributed by atoms with Crippen LogP contribution in [0.25, 0.3) is 0 Å². The Labute approximate surface area is 145 Å². The molecule has 0 spiro atoms. The van der Waals surface area contributed by atoms with Crippen LogP contribution in [0.4, 0.5) is 16.2 Å². The zero-order chi connectivity index (χ0) is 17.1. The third-order valence-electron chi connectivity index (χ3n) is 3.76. The Morgan fingerprint density at radius 1 is 1.25 bits per heavy atom. The third-order valence-corrected chi connectivity index (χ3v) is 4.90. The number of ether oxygens (including phenoxy) is 1. The fourth-order valence-electron chi connectivity index (χ4n) is 2.47. The highest BCUT2D eigenvalue weighted by Gasteiger charge is 2.28. The summed E-state index contributed by atoms with van der Waals surface area (Å²) in [6.07, 6.45) is -0.503. The van der Waals surface area contributed by atoms with E-state index in [1.54, 1.807) is 18.0 Å². The molecule has 1 aliphatic heterocycles. The van der Waals surface area contributed by atoms with Gasteiger partial charge in [0.25, 0.3) is 0 Å². The van der Waals surface area contributed by atoms with Gasteiger partial charge in [-0.2, -0.15) is 0 Å². The first kappa shape index (κ1) is 16.4. The van der Waals surface area contributed by atoms with E-state index in [1.807, 2.05) is 49.4 Å². The van der Waals surface area contributed by atoms with Gasteiger partial charge in [-0.15, -0.1) is 11.8 Å². The number of amides is 2. The number of carbonyl (C=O) groups is 2. The van der Waals surface area contributed by atoms with E-state index in [0.29, 0.717) is 5.69 Å². The van der Waals surface area contributed by atoms with E-state index < -0.39 is 6.09 Å². The Kier molecular flexibility index (Phi) is 4.76. The summed E-state index contributed by atoms with van der Waals surface area (Å²) in [7, 11) is 1.76.